The lowest BCUT2D eigenvalue weighted by Crippen LogP contribution is -2.67. The zero-order valence-electron chi connectivity index (χ0n) is 26.3. The van der Waals surface area contributed by atoms with Gasteiger partial charge >= 0.3 is 0 Å². The monoisotopic (exact) mass is 625 g/mol. The quantitative estimate of drug-likeness (QED) is 0.146. The maximum atomic E-state index is 7.31. The van der Waals surface area contributed by atoms with Crippen molar-refractivity contribution < 1.29 is 18.6 Å². The molecule has 0 aromatic heterocycles. The maximum Gasteiger partial charge on any atom is 0.261 e. The summed E-state index contributed by atoms with van der Waals surface area (Å²) in [7, 11) is -1.09. The Kier molecular flexibility index (Phi) is 10.3. The number of nitrogens with one attached hydrogen (secondary N) is 1. The Hall–Kier alpha value is -3.33. The van der Waals surface area contributed by atoms with Gasteiger partial charge in [0.25, 0.3) is 8.32 Å². The molecule has 0 saturated carbocycles. The molecule has 1 fully saturated rings. The predicted octanol–water partition coefficient (Wildman–Crippen LogP) is 6.35. The fourth-order valence-corrected chi connectivity index (χ4v) is 11.0. The lowest BCUT2D eigenvalue weighted by atomic mass is 10.1. The highest BCUT2D eigenvalue weighted by atomic mass is 32.1. The van der Waals surface area contributed by atoms with Gasteiger partial charge in [-0.2, -0.15) is 0 Å². The molecule has 1 saturated heterocycles. The van der Waals surface area contributed by atoms with E-state index in [1.54, 1.807) is 7.11 Å². The molecule has 0 amide bonds. The van der Waals surface area contributed by atoms with E-state index in [2.05, 4.69) is 106 Å². The van der Waals surface area contributed by atoms with Crippen LogP contribution in [0.25, 0.3) is 0 Å². The molecule has 4 aromatic carbocycles. The zero-order valence-corrected chi connectivity index (χ0v) is 28.1. The topological polar surface area (TPSA) is 49.0 Å². The van der Waals surface area contributed by atoms with Crippen LogP contribution in [0, 0.1) is 6.92 Å². The van der Waals surface area contributed by atoms with E-state index in [4.69, 9.17) is 30.9 Å². The Morgan fingerprint density at radius 1 is 0.750 bits per heavy atom. The van der Waals surface area contributed by atoms with Crippen molar-refractivity contribution in [3.63, 3.8) is 0 Å². The first-order valence-electron chi connectivity index (χ1n) is 15.2. The van der Waals surface area contributed by atoms with Crippen molar-refractivity contribution >= 4 is 35.9 Å². The Morgan fingerprint density at radius 3 is 1.91 bits per heavy atom. The number of rotatable bonds is 12. The van der Waals surface area contributed by atoms with Crippen LogP contribution in [0.3, 0.4) is 0 Å². The molecule has 1 aliphatic heterocycles. The number of hydrogen-bond acceptors (Lipinski definition) is 5. The molecule has 3 atom stereocenters. The van der Waals surface area contributed by atoms with E-state index in [1.165, 1.54) is 15.9 Å². The molecule has 1 aliphatic rings. The highest BCUT2D eigenvalue weighted by molar-refractivity contribution is 7.80. The molecule has 0 radical (unpaired) electrons. The largest absolute Gasteiger partial charge is 0.497 e. The van der Waals surface area contributed by atoms with Crippen molar-refractivity contribution in [3.05, 3.63) is 126 Å². The first-order valence-corrected chi connectivity index (χ1v) is 17.5. The fraction of sp³-hybridized carbons (Fsp3) is 0.324. The van der Waals surface area contributed by atoms with Crippen molar-refractivity contribution in [2.45, 2.75) is 64.2 Å². The number of hydrogen-bond donors (Lipinski definition) is 1. The number of benzene rings is 4. The first kappa shape index (κ1) is 32.1. The average molecular weight is 626 g/mol. The summed E-state index contributed by atoms with van der Waals surface area (Å²) < 4.78 is 25.8. The third kappa shape index (κ3) is 6.98. The molecule has 0 spiro atoms. The van der Waals surface area contributed by atoms with E-state index in [0.717, 1.165) is 16.9 Å². The minimum Gasteiger partial charge on any atom is -0.497 e. The van der Waals surface area contributed by atoms with E-state index >= 15 is 0 Å². The van der Waals surface area contributed by atoms with Crippen LogP contribution < -0.4 is 20.4 Å². The Balaban J connectivity index is 1.43. The summed E-state index contributed by atoms with van der Waals surface area (Å²) in [5.74, 6) is 0.812. The van der Waals surface area contributed by atoms with Gasteiger partial charge in [0.2, 0.25) is 0 Å². The third-order valence-electron chi connectivity index (χ3n) is 8.46. The smallest absolute Gasteiger partial charge is 0.261 e. The van der Waals surface area contributed by atoms with Gasteiger partial charge < -0.3 is 24.0 Å². The average Bonchev–Trinajstić information content (AvgIpc) is 3.34. The van der Waals surface area contributed by atoms with Crippen molar-refractivity contribution in [2.75, 3.05) is 13.7 Å². The molecule has 44 heavy (non-hydrogen) atoms. The Morgan fingerprint density at radius 2 is 1.34 bits per heavy atom. The van der Waals surface area contributed by atoms with E-state index in [1.807, 2.05) is 36.4 Å². The van der Waals surface area contributed by atoms with Gasteiger partial charge in [0, 0.05) is 0 Å². The summed E-state index contributed by atoms with van der Waals surface area (Å²) in [6.45, 7) is 10.3. The van der Waals surface area contributed by atoms with Gasteiger partial charge in [-0.25, -0.2) is 0 Å². The van der Waals surface area contributed by atoms with Crippen LogP contribution in [0.1, 0.15) is 37.5 Å². The molecule has 5 nitrogen and oxygen atoms in total. The lowest BCUT2D eigenvalue weighted by Gasteiger charge is -2.43. The van der Waals surface area contributed by atoms with Crippen LogP contribution in [-0.4, -0.2) is 45.3 Å². The Labute approximate surface area is 268 Å². The summed E-state index contributed by atoms with van der Waals surface area (Å²) in [5, 5.41) is 5.88. The van der Waals surface area contributed by atoms with Gasteiger partial charge in [-0.1, -0.05) is 130 Å². The molecule has 0 bridgehead atoms. The van der Waals surface area contributed by atoms with Crippen LogP contribution in [0.2, 0.25) is 5.04 Å². The SMILES string of the molecule is COc1ccc(COC2C(=S)NC(CO[Si](c3ccccc3)(c3ccccc3)C(C)(C)C)C2OCc2ccccc2C)cc1. The third-order valence-corrected chi connectivity index (χ3v) is 13.8. The maximum absolute atomic E-state index is 7.31. The first-order chi connectivity index (χ1) is 21.2. The van der Waals surface area contributed by atoms with Crippen LogP contribution in [-0.2, 0) is 27.1 Å². The standard InChI is InChI=1S/C37H43NO4SSi/c1-27-14-12-13-15-29(27)25-41-34-33(38-36(43)35(34)40-24-28-20-22-30(39-5)23-21-28)26-42-44(37(2,3)4,31-16-8-6-9-17-31)32-18-10-7-11-19-32/h6-23,33-35H,24-26H2,1-5H3,(H,38,43). The summed E-state index contributed by atoms with van der Waals surface area (Å²) >= 11 is 5.89. The summed E-state index contributed by atoms with van der Waals surface area (Å²) in [4.78, 5) is 0.643. The normalized spacial score (nSPS) is 18.7. The second kappa shape index (κ2) is 14.2. The number of ether oxygens (including phenoxy) is 3. The van der Waals surface area contributed by atoms with Gasteiger partial charge in [0.15, 0.2) is 0 Å². The second-order valence-electron chi connectivity index (χ2n) is 12.4. The van der Waals surface area contributed by atoms with Crippen LogP contribution in [0.15, 0.2) is 109 Å². The van der Waals surface area contributed by atoms with E-state index in [9.17, 15) is 0 Å². The van der Waals surface area contributed by atoms with Crippen LogP contribution >= 0.6 is 12.2 Å². The molecular formula is C37H43NO4SSi. The van der Waals surface area contributed by atoms with E-state index in [-0.39, 0.29) is 17.2 Å². The molecule has 1 N–H and O–H groups in total. The van der Waals surface area contributed by atoms with Gasteiger partial charge in [-0.3, -0.25) is 0 Å². The number of aryl methyl sites for hydroxylation is 1. The van der Waals surface area contributed by atoms with Crippen molar-refractivity contribution in [2.24, 2.45) is 0 Å². The zero-order chi connectivity index (χ0) is 31.2. The van der Waals surface area contributed by atoms with Gasteiger partial charge in [-0.15, -0.1) is 0 Å². The minimum atomic E-state index is -2.76. The molecule has 230 valence electrons. The molecular weight excluding hydrogens is 583 g/mol. The van der Waals surface area contributed by atoms with E-state index in [0.29, 0.717) is 24.8 Å². The molecule has 5 rings (SSSR count). The molecule has 0 aliphatic carbocycles. The number of thiocarbonyl (C=S) groups is 1. The molecule has 4 aromatic rings. The molecule has 3 unspecified atom stereocenters. The molecule has 7 heteroatoms. The summed E-state index contributed by atoms with van der Waals surface area (Å²) in [5.41, 5.74) is 3.38. The number of methoxy groups -OCH3 is 1. The predicted molar refractivity (Wildman–Crippen MR) is 184 cm³/mol. The fourth-order valence-electron chi connectivity index (χ4n) is 6.06. The minimum absolute atomic E-state index is 0.142. The van der Waals surface area contributed by atoms with Crippen LogP contribution in [0.5, 0.6) is 5.75 Å². The van der Waals surface area contributed by atoms with Crippen molar-refractivity contribution in [1.82, 2.24) is 5.32 Å². The highest BCUT2D eigenvalue weighted by Crippen LogP contribution is 2.37. The van der Waals surface area contributed by atoms with Crippen molar-refractivity contribution in [1.29, 1.82) is 0 Å². The van der Waals surface area contributed by atoms with Gasteiger partial charge in [0.1, 0.15) is 22.9 Å². The lowest BCUT2D eigenvalue weighted by molar-refractivity contribution is -0.0609. The van der Waals surface area contributed by atoms with Crippen LogP contribution in [0.4, 0.5) is 0 Å². The molecule has 1 heterocycles. The highest BCUT2D eigenvalue weighted by Gasteiger charge is 2.52. The summed E-state index contributed by atoms with van der Waals surface area (Å²) in [6.07, 6.45) is -0.748. The van der Waals surface area contributed by atoms with Gasteiger partial charge in [-0.05, 0) is 51.2 Å². The second-order valence-corrected chi connectivity index (χ2v) is 17.1. The van der Waals surface area contributed by atoms with E-state index < -0.39 is 14.4 Å². The Bertz CT molecular complexity index is 1470. The van der Waals surface area contributed by atoms with Gasteiger partial charge in [0.05, 0.1) is 33.0 Å². The summed E-state index contributed by atoms with van der Waals surface area (Å²) in [6, 6.07) is 37.4. The van der Waals surface area contributed by atoms with Crippen molar-refractivity contribution in [3.8, 4) is 5.75 Å².